The molecule has 0 unspecified atom stereocenters. The molecule has 0 heterocycles. The lowest BCUT2D eigenvalue weighted by molar-refractivity contribution is -0.116. The molecule has 132 valence electrons. The van der Waals surface area contributed by atoms with Gasteiger partial charge in [-0.2, -0.15) is 0 Å². The molecule has 0 aliphatic carbocycles. The number of carbonyl (C=O) groups is 1. The summed E-state index contributed by atoms with van der Waals surface area (Å²) in [5, 5.41) is 12.7. The van der Waals surface area contributed by atoms with Crippen molar-refractivity contribution in [1.82, 2.24) is 0 Å². The maximum absolute atomic E-state index is 11.9. The zero-order chi connectivity index (χ0) is 18.2. The number of methoxy groups -OCH3 is 1. The maximum atomic E-state index is 11.9. The Morgan fingerprint density at radius 2 is 2.12 bits per heavy atom. The van der Waals surface area contributed by atoms with E-state index in [9.17, 15) is 9.90 Å². The number of nitrogens with zero attached hydrogens (tertiary/aromatic N) is 1. The summed E-state index contributed by atoms with van der Waals surface area (Å²) in [5.41, 5.74) is 1.88. The number of phenolic OH excluding ortho intramolecular Hbond substituents is 1. The molecule has 6 heteroatoms. The number of halogens is 1. The van der Waals surface area contributed by atoms with Crippen LogP contribution in [0.15, 0.2) is 45.9 Å². The molecule has 2 N–H and O–H groups in total. The molecule has 0 atom stereocenters. The fourth-order valence-electron chi connectivity index (χ4n) is 2.19. The molecule has 0 aliphatic rings. The first-order valence-corrected chi connectivity index (χ1v) is 8.83. The molecule has 2 rings (SSSR count). The van der Waals surface area contributed by atoms with Gasteiger partial charge in [0.25, 0.3) is 0 Å². The molecule has 5 nitrogen and oxygen atoms in total. The van der Waals surface area contributed by atoms with Crippen LogP contribution in [0.3, 0.4) is 0 Å². The van der Waals surface area contributed by atoms with Crippen molar-refractivity contribution in [2.24, 2.45) is 4.99 Å². The van der Waals surface area contributed by atoms with E-state index in [1.165, 1.54) is 0 Å². The number of hydrogen-bond acceptors (Lipinski definition) is 4. The summed E-state index contributed by atoms with van der Waals surface area (Å²) in [6.45, 7) is 2.05. The Balaban J connectivity index is 2.16. The van der Waals surface area contributed by atoms with Crippen LogP contribution in [0.25, 0.3) is 0 Å². The number of ether oxygens (including phenoxy) is 1. The second-order valence-corrected chi connectivity index (χ2v) is 6.41. The van der Waals surface area contributed by atoms with Gasteiger partial charge in [-0.25, -0.2) is 0 Å². The van der Waals surface area contributed by atoms with Crippen LogP contribution in [0.2, 0.25) is 0 Å². The Hall–Kier alpha value is -2.34. The van der Waals surface area contributed by atoms with Crippen LogP contribution in [0.1, 0.15) is 31.7 Å². The van der Waals surface area contributed by atoms with Crippen LogP contribution in [0, 0.1) is 0 Å². The van der Waals surface area contributed by atoms with Gasteiger partial charge in [0, 0.05) is 28.7 Å². The van der Waals surface area contributed by atoms with E-state index in [-0.39, 0.29) is 11.7 Å². The van der Waals surface area contributed by atoms with E-state index in [1.54, 1.807) is 49.7 Å². The molecule has 25 heavy (non-hydrogen) atoms. The fraction of sp³-hybridized carbons (Fsp3) is 0.263. The van der Waals surface area contributed by atoms with Crippen LogP contribution >= 0.6 is 15.9 Å². The quantitative estimate of drug-likeness (QED) is 0.634. The minimum absolute atomic E-state index is 0.0320. The van der Waals surface area contributed by atoms with Crippen molar-refractivity contribution >= 4 is 39.4 Å². The second kappa shape index (κ2) is 9.22. The number of phenols is 1. The normalized spacial score (nSPS) is 10.8. The van der Waals surface area contributed by atoms with Crippen molar-refractivity contribution in [3.05, 3.63) is 46.4 Å². The first-order chi connectivity index (χ1) is 12.0. The number of hydrogen-bond donors (Lipinski definition) is 2. The molecule has 2 aromatic carbocycles. The summed E-state index contributed by atoms with van der Waals surface area (Å²) in [5.74, 6) is 0.659. The van der Waals surface area contributed by atoms with E-state index in [1.807, 2.05) is 6.92 Å². The van der Waals surface area contributed by atoms with Gasteiger partial charge < -0.3 is 15.2 Å². The number of anilines is 1. The van der Waals surface area contributed by atoms with Crippen LogP contribution in [-0.2, 0) is 4.79 Å². The van der Waals surface area contributed by atoms with Gasteiger partial charge in [0.1, 0.15) is 11.5 Å². The van der Waals surface area contributed by atoms with Gasteiger partial charge in [-0.3, -0.25) is 9.79 Å². The third-order valence-electron chi connectivity index (χ3n) is 3.56. The number of amides is 1. The van der Waals surface area contributed by atoms with Crippen LogP contribution in [0.4, 0.5) is 11.4 Å². The number of benzene rings is 2. The van der Waals surface area contributed by atoms with Crippen LogP contribution in [-0.4, -0.2) is 24.3 Å². The molecular formula is C19H21BrN2O3. The van der Waals surface area contributed by atoms with Crippen molar-refractivity contribution < 1.29 is 14.6 Å². The molecule has 0 radical (unpaired) electrons. The number of carbonyl (C=O) groups excluding carboxylic acids is 1. The van der Waals surface area contributed by atoms with E-state index < -0.39 is 0 Å². The standard InChI is InChI=1S/C19H21BrN2O3/c1-3-4-5-19(24)22-16-8-7-15(11-18(16)25-2)21-12-13-10-14(20)6-9-17(13)23/h6-12,23H,3-5H2,1-2H3,(H,22,24). The molecule has 1 amide bonds. The summed E-state index contributed by atoms with van der Waals surface area (Å²) in [6.07, 6.45) is 3.89. The van der Waals surface area contributed by atoms with E-state index in [0.29, 0.717) is 29.1 Å². The molecule has 0 aromatic heterocycles. The average molecular weight is 405 g/mol. The monoisotopic (exact) mass is 404 g/mol. The Morgan fingerprint density at radius 1 is 1.32 bits per heavy atom. The van der Waals surface area contributed by atoms with Crippen molar-refractivity contribution in [2.75, 3.05) is 12.4 Å². The molecular weight excluding hydrogens is 384 g/mol. The third-order valence-corrected chi connectivity index (χ3v) is 4.05. The predicted octanol–water partition coefficient (Wildman–Crippen LogP) is 5.04. The van der Waals surface area contributed by atoms with Crippen molar-refractivity contribution in [3.63, 3.8) is 0 Å². The number of aliphatic imine (C=N–C) groups is 1. The van der Waals surface area contributed by atoms with Gasteiger partial charge in [-0.05, 0) is 36.8 Å². The van der Waals surface area contributed by atoms with Gasteiger partial charge in [-0.1, -0.05) is 29.3 Å². The highest BCUT2D eigenvalue weighted by Gasteiger charge is 2.08. The van der Waals surface area contributed by atoms with Gasteiger partial charge in [0.15, 0.2) is 0 Å². The van der Waals surface area contributed by atoms with Crippen molar-refractivity contribution in [3.8, 4) is 11.5 Å². The minimum atomic E-state index is -0.0320. The Labute approximate surface area is 155 Å². The molecule has 0 aliphatic heterocycles. The molecule has 2 aromatic rings. The molecule has 0 saturated heterocycles. The van der Waals surface area contributed by atoms with Gasteiger partial charge in [0.2, 0.25) is 5.91 Å². The van der Waals surface area contributed by atoms with Crippen molar-refractivity contribution in [2.45, 2.75) is 26.2 Å². The number of rotatable bonds is 7. The number of unbranched alkanes of at least 4 members (excludes halogenated alkanes) is 1. The topological polar surface area (TPSA) is 70.9 Å². The zero-order valence-corrected chi connectivity index (χ0v) is 15.8. The van der Waals surface area contributed by atoms with Crippen LogP contribution in [0.5, 0.6) is 11.5 Å². The maximum Gasteiger partial charge on any atom is 0.224 e. The Bertz CT molecular complexity index is 775. The molecule has 0 fully saturated rings. The fourth-order valence-corrected chi connectivity index (χ4v) is 2.57. The molecule has 0 saturated carbocycles. The Morgan fingerprint density at radius 3 is 2.84 bits per heavy atom. The number of nitrogens with one attached hydrogen (secondary N) is 1. The summed E-state index contributed by atoms with van der Waals surface area (Å²) >= 11 is 3.36. The second-order valence-electron chi connectivity index (χ2n) is 5.50. The highest BCUT2D eigenvalue weighted by Crippen LogP contribution is 2.30. The Kier molecular flexibility index (Phi) is 7.01. The predicted molar refractivity (Wildman–Crippen MR) is 104 cm³/mol. The average Bonchev–Trinajstić information content (AvgIpc) is 2.61. The highest BCUT2D eigenvalue weighted by molar-refractivity contribution is 9.10. The number of aromatic hydroxyl groups is 1. The largest absolute Gasteiger partial charge is 0.507 e. The minimum Gasteiger partial charge on any atom is -0.507 e. The summed E-state index contributed by atoms with van der Waals surface area (Å²) < 4.78 is 6.20. The van der Waals surface area contributed by atoms with Gasteiger partial charge >= 0.3 is 0 Å². The summed E-state index contributed by atoms with van der Waals surface area (Å²) in [7, 11) is 1.55. The zero-order valence-electron chi connectivity index (χ0n) is 14.3. The van der Waals surface area contributed by atoms with Gasteiger partial charge in [0.05, 0.1) is 18.5 Å². The summed E-state index contributed by atoms with van der Waals surface area (Å²) in [6, 6.07) is 10.4. The lowest BCUT2D eigenvalue weighted by atomic mass is 10.2. The smallest absolute Gasteiger partial charge is 0.224 e. The van der Waals surface area contributed by atoms with Gasteiger partial charge in [-0.15, -0.1) is 0 Å². The first-order valence-electron chi connectivity index (χ1n) is 8.04. The lowest BCUT2D eigenvalue weighted by Crippen LogP contribution is -2.11. The third kappa shape index (κ3) is 5.60. The SMILES string of the molecule is CCCCC(=O)Nc1ccc(N=Cc2cc(Br)ccc2O)cc1OC. The first kappa shape index (κ1) is 19.0. The van der Waals surface area contributed by atoms with E-state index in [2.05, 4.69) is 26.2 Å². The lowest BCUT2D eigenvalue weighted by Gasteiger charge is -2.10. The highest BCUT2D eigenvalue weighted by atomic mass is 79.9. The molecule has 0 spiro atoms. The summed E-state index contributed by atoms with van der Waals surface area (Å²) in [4.78, 5) is 16.2. The van der Waals surface area contributed by atoms with E-state index in [4.69, 9.17) is 4.74 Å². The van der Waals surface area contributed by atoms with E-state index in [0.717, 1.165) is 17.3 Å². The molecule has 0 bridgehead atoms. The van der Waals surface area contributed by atoms with Crippen LogP contribution < -0.4 is 10.1 Å². The van der Waals surface area contributed by atoms with E-state index >= 15 is 0 Å². The van der Waals surface area contributed by atoms with Crippen molar-refractivity contribution in [1.29, 1.82) is 0 Å².